The highest BCUT2D eigenvalue weighted by Gasteiger charge is 2.25. The third kappa shape index (κ3) is 3.59. The summed E-state index contributed by atoms with van der Waals surface area (Å²) in [5.41, 5.74) is 3.48. The van der Waals surface area contributed by atoms with Crippen LogP contribution in [-0.2, 0) is 0 Å². The first-order valence-corrected chi connectivity index (χ1v) is 8.40. The van der Waals surface area contributed by atoms with Gasteiger partial charge in [-0.05, 0) is 44.9 Å². The highest BCUT2D eigenvalue weighted by atomic mass is 16.3. The molecule has 0 spiro atoms. The average Bonchev–Trinajstić information content (AvgIpc) is 3.11. The molecule has 0 aliphatic heterocycles. The zero-order chi connectivity index (χ0) is 17.1. The van der Waals surface area contributed by atoms with Crippen molar-refractivity contribution in [3.63, 3.8) is 0 Å². The quantitative estimate of drug-likeness (QED) is 0.807. The van der Waals surface area contributed by atoms with Crippen molar-refractivity contribution >= 4 is 11.7 Å². The van der Waals surface area contributed by atoms with Crippen LogP contribution in [0, 0.1) is 19.8 Å². The number of anilines is 1. The number of aryl methyl sites for hydroxylation is 2. The van der Waals surface area contributed by atoms with Crippen LogP contribution >= 0.6 is 0 Å². The summed E-state index contributed by atoms with van der Waals surface area (Å²) in [6, 6.07) is 9.32. The van der Waals surface area contributed by atoms with E-state index in [2.05, 4.69) is 15.7 Å². The standard InChI is InChI=1S/C18H24N4O2/c1-12-10-13(2)22(21-12)16-8-4-3-7-15(16)20-18(24)19-11-14-6-5-9-17(14)23/h3-4,7-8,10,14,17,23H,5-6,9,11H2,1-2H3,(H2,19,20,24)/t14-,17-/m1/s1. The van der Waals surface area contributed by atoms with Gasteiger partial charge in [0.1, 0.15) is 0 Å². The number of rotatable bonds is 4. The van der Waals surface area contributed by atoms with Gasteiger partial charge in [0.05, 0.1) is 23.2 Å². The van der Waals surface area contributed by atoms with E-state index >= 15 is 0 Å². The number of carbonyl (C=O) groups is 1. The molecule has 2 amide bonds. The van der Waals surface area contributed by atoms with Gasteiger partial charge in [0, 0.05) is 18.2 Å². The largest absolute Gasteiger partial charge is 0.393 e. The zero-order valence-corrected chi connectivity index (χ0v) is 14.1. The fourth-order valence-corrected chi connectivity index (χ4v) is 3.28. The Labute approximate surface area is 141 Å². The zero-order valence-electron chi connectivity index (χ0n) is 14.1. The number of carbonyl (C=O) groups excluding carboxylic acids is 1. The number of nitrogens with one attached hydrogen (secondary N) is 2. The van der Waals surface area contributed by atoms with Crippen molar-refractivity contribution in [1.29, 1.82) is 0 Å². The summed E-state index contributed by atoms with van der Waals surface area (Å²) in [5, 5.41) is 20.1. The summed E-state index contributed by atoms with van der Waals surface area (Å²) in [6.07, 6.45) is 2.52. The van der Waals surface area contributed by atoms with Crippen LogP contribution in [-0.4, -0.2) is 33.6 Å². The minimum atomic E-state index is -0.299. The van der Waals surface area contributed by atoms with Gasteiger partial charge in [0.25, 0.3) is 0 Å². The van der Waals surface area contributed by atoms with Crippen molar-refractivity contribution < 1.29 is 9.90 Å². The van der Waals surface area contributed by atoms with E-state index in [-0.39, 0.29) is 18.1 Å². The molecular formula is C18H24N4O2. The molecule has 0 bridgehead atoms. The molecule has 24 heavy (non-hydrogen) atoms. The molecule has 3 N–H and O–H groups in total. The van der Waals surface area contributed by atoms with Crippen LogP contribution in [0.3, 0.4) is 0 Å². The Bertz CT molecular complexity index is 726. The van der Waals surface area contributed by atoms with Crippen LogP contribution < -0.4 is 10.6 Å². The van der Waals surface area contributed by atoms with Gasteiger partial charge in [0.15, 0.2) is 0 Å². The van der Waals surface area contributed by atoms with Crippen LogP contribution in [0.2, 0.25) is 0 Å². The second-order valence-electron chi connectivity index (χ2n) is 6.45. The van der Waals surface area contributed by atoms with E-state index in [9.17, 15) is 9.90 Å². The molecule has 1 aromatic heterocycles. The summed E-state index contributed by atoms with van der Waals surface area (Å²) in [5.74, 6) is 0.155. The number of para-hydroxylation sites is 2. The van der Waals surface area contributed by atoms with Crippen molar-refractivity contribution in [2.45, 2.75) is 39.2 Å². The maximum absolute atomic E-state index is 12.2. The summed E-state index contributed by atoms with van der Waals surface area (Å²) in [6.45, 7) is 4.42. The molecule has 6 nitrogen and oxygen atoms in total. The second-order valence-corrected chi connectivity index (χ2v) is 6.45. The van der Waals surface area contributed by atoms with Gasteiger partial charge in [-0.25, -0.2) is 9.48 Å². The van der Waals surface area contributed by atoms with Gasteiger partial charge in [-0.15, -0.1) is 0 Å². The first kappa shape index (κ1) is 16.5. The minimum Gasteiger partial charge on any atom is -0.393 e. The number of aliphatic hydroxyl groups excluding tert-OH is 1. The highest BCUT2D eigenvalue weighted by Crippen LogP contribution is 2.25. The Morgan fingerprint density at radius 2 is 2.12 bits per heavy atom. The van der Waals surface area contributed by atoms with E-state index in [0.717, 1.165) is 36.3 Å². The Hall–Kier alpha value is -2.34. The van der Waals surface area contributed by atoms with Crippen molar-refractivity contribution in [3.8, 4) is 5.69 Å². The van der Waals surface area contributed by atoms with Crippen LogP contribution in [0.5, 0.6) is 0 Å². The minimum absolute atomic E-state index is 0.155. The summed E-state index contributed by atoms with van der Waals surface area (Å²) < 4.78 is 1.83. The number of hydrogen-bond acceptors (Lipinski definition) is 3. The fraction of sp³-hybridized carbons (Fsp3) is 0.444. The van der Waals surface area contributed by atoms with Gasteiger partial charge in [-0.3, -0.25) is 0 Å². The van der Waals surface area contributed by atoms with Crippen LogP contribution in [0.1, 0.15) is 30.7 Å². The topological polar surface area (TPSA) is 79.2 Å². The van der Waals surface area contributed by atoms with Gasteiger partial charge in [-0.2, -0.15) is 5.10 Å². The van der Waals surface area contributed by atoms with Crippen molar-refractivity contribution in [2.75, 3.05) is 11.9 Å². The fourth-order valence-electron chi connectivity index (χ4n) is 3.28. The number of aliphatic hydroxyl groups is 1. The molecule has 3 rings (SSSR count). The Kier molecular flexibility index (Phi) is 4.85. The maximum Gasteiger partial charge on any atom is 0.319 e. The molecule has 0 radical (unpaired) electrons. The van der Waals surface area contributed by atoms with Gasteiger partial charge in [-0.1, -0.05) is 18.6 Å². The summed E-state index contributed by atoms with van der Waals surface area (Å²) in [7, 11) is 0. The predicted molar refractivity (Wildman–Crippen MR) is 93.4 cm³/mol. The molecule has 0 unspecified atom stereocenters. The Balaban J connectivity index is 1.69. The van der Waals surface area contributed by atoms with Crippen LogP contribution in [0.4, 0.5) is 10.5 Å². The molecule has 1 fully saturated rings. The third-order valence-corrected chi connectivity index (χ3v) is 4.53. The summed E-state index contributed by atoms with van der Waals surface area (Å²) in [4.78, 5) is 12.2. The van der Waals surface area contributed by atoms with Crippen molar-refractivity contribution in [2.24, 2.45) is 5.92 Å². The molecule has 1 heterocycles. The molecule has 6 heteroatoms. The first-order valence-electron chi connectivity index (χ1n) is 8.40. The number of benzene rings is 1. The highest BCUT2D eigenvalue weighted by molar-refractivity contribution is 5.91. The van der Waals surface area contributed by atoms with Crippen molar-refractivity contribution in [3.05, 3.63) is 41.7 Å². The Morgan fingerprint density at radius 1 is 1.33 bits per heavy atom. The number of amides is 2. The third-order valence-electron chi connectivity index (χ3n) is 4.53. The smallest absolute Gasteiger partial charge is 0.319 e. The number of urea groups is 1. The molecule has 0 saturated heterocycles. The van der Waals surface area contributed by atoms with E-state index in [0.29, 0.717) is 12.2 Å². The normalized spacial score (nSPS) is 20.1. The predicted octanol–water partition coefficient (Wildman–Crippen LogP) is 2.77. The lowest BCUT2D eigenvalue weighted by molar-refractivity contribution is 0.133. The molecule has 1 aliphatic carbocycles. The van der Waals surface area contributed by atoms with E-state index in [1.807, 2.05) is 48.9 Å². The molecular weight excluding hydrogens is 304 g/mol. The van der Waals surface area contributed by atoms with Gasteiger partial charge >= 0.3 is 6.03 Å². The maximum atomic E-state index is 12.2. The molecule has 1 aromatic carbocycles. The number of nitrogens with zero attached hydrogens (tertiary/aromatic N) is 2. The lowest BCUT2D eigenvalue weighted by Gasteiger charge is -2.16. The second kappa shape index (κ2) is 7.05. The van der Waals surface area contributed by atoms with Crippen LogP contribution in [0.15, 0.2) is 30.3 Å². The lowest BCUT2D eigenvalue weighted by Crippen LogP contribution is -2.35. The van der Waals surface area contributed by atoms with Crippen molar-refractivity contribution in [1.82, 2.24) is 15.1 Å². The van der Waals surface area contributed by atoms with E-state index < -0.39 is 0 Å². The molecule has 1 saturated carbocycles. The number of hydrogen-bond donors (Lipinski definition) is 3. The van der Waals surface area contributed by atoms with Gasteiger partial charge in [0.2, 0.25) is 0 Å². The average molecular weight is 328 g/mol. The SMILES string of the molecule is Cc1cc(C)n(-c2ccccc2NC(=O)NC[C@H]2CCC[C@H]2O)n1. The lowest BCUT2D eigenvalue weighted by atomic mass is 10.1. The van der Waals surface area contributed by atoms with Gasteiger partial charge < -0.3 is 15.7 Å². The molecule has 2 aromatic rings. The first-order chi connectivity index (χ1) is 11.5. The summed E-state index contributed by atoms with van der Waals surface area (Å²) >= 11 is 0. The number of aromatic nitrogens is 2. The van der Waals surface area contributed by atoms with E-state index in [1.54, 1.807) is 0 Å². The molecule has 1 aliphatic rings. The monoisotopic (exact) mass is 328 g/mol. The van der Waals surface area contributed by atoms with E-state index in [4.69, 9.17) is 0 Å². The van der Waals surface area contributed by atoms with Crippen LogP contribution in [0.25, 0.3) is 5.69 Å². The molecule has 2 atom stereocenters. The Morgan fingerprint density at radius 3 is 2.79 bits per heavy atom. The molecule has 128 valence electrons. The van der Waals surface area contributed by atoms with E-state index in [1.165, 1.54) is 0 Å².